The molecule has 1 aliphatic carbocycles. The molecule has 2 aliphatic rings. The van der Waals surface area contributed by atoms with E-state index < -0.39 is 0 Å². The smallest absolute Gasteiger partial charge is 0.222 e. The second-order valence-electron chi connectivity index (χ2n) is 9.13. The summed E-state index contributed by atoms with van der Waals surface area (Å²) in [5.74, 6) is 1.19. The van der Waals surface area contributed by atoms with Crippen molar-refractivity contribution in [3.05, 3.63) is 0 Å². The molecule has 2 rings (SSSR count). The topological polar surface area (TPSA) is 32.8 Å². The van der Waals surface area contributed by atoms with Gasteiger partial charge in [-0.1, -0.05) is 19.8 Å². The summed E-state index contributed by atoms with van der Waals surface area (Å²) in [5.41, 5.74) is 0. The third-order valence-electron chi connectivity index (χ3n) is 6.53. The van der Waals surface area contributed by atoms with Crippen molar-refractivity contribution < 1.29 is 9.53 Å². The second kappa shape index (κ2) is 12.1. The summed E-state index contributed by atoms with van der Waals surface area (Å²) in [7, 11) is 0. The Hall–Kier alpha value is -0.610. The lowest BCUT2D eigenvalue weighted by Crippen LogP contribution is -2.51. The third-order valence-corrected chi connectivity index (χ3v) is 6.53. The van der Waals surface area contributed by atoms with Gasteiger partial charge in [0.15, 0.2) is 0 Å². The Morgan fingerprint density at radius 1 is 1.00 bits per heavy atom. The molecular weight excluding hydrogens is 336 g/mol. The van der Waals surface area contributed by atoms with Crippen LogP contribution in [0.3, 0.4) is 0 Å². The number of rotatable bonds is 10. The molecule has 1 heterocycles. The highest BCUT2D eigenvalue weighted by atomic mass is 16.5. The van der Waals surface area contributed by atoms with Crippen LogP contribution in [-0.4, -0.2) is 60.1 Å². The van der Waals surface area contributed by atoms with Gasteiger partial charge in [0.1, 0.15) is 0 Å². The van der Waals surface area contributed by atoms with Crippen molar-refractivity contribution in [2.24, 2.45) is 5.92 Å². The van der Waals surface area contributed by atoms with Crippen LogP contribution in [0.4, 0.5) is 0 Å². The first-order valence-corrected chi connectivity index (χ1v) is 11.7. The molecule has 1 atom stereocenters. The van der Waals surface area contributed by atoms with Gasteiger partial charge in [0.05, 0.1) is 12.2 Å². The Morgan fingerprint density at radius 2 is 1.67 bits per heavy atom. The van der Waals surface area contributed by atoms with Crippen molar-refractivity contribution in [3.8, 4) is 0 Å². The Kier molecular flexibility index (Phi) is 10.1. The summed E-state index contributed by atoms with van der Waals surface area (Å²) in [4.78, 5) is 17.2. The molecule has 158 valence electrons. The number of piperazine rings is 1. The summed E-state index contributed by atoms with van der Waals surface area (Å²) in [6.45, 7) is 12.8. The lowest BCUT2D eigenvalue weighted by Gasteiger charge is -2.38. The van der Waals surface area contributed by atoms with Crippen LogP contribution in [0.25, 0.3) is 0 Å². The minimum absolute atomic E-state index is 0.347. The van der Waals surface area contributed by atoms with Crippen LogP contribution in [0.5, 0.6) is 0 Å². The zero-order valence-corrected chi connectivity index (χ0v) is 18.4. The highest BCUT2D eigenvalue weighted by Crippen LogP contribution is 2.30. The number of ether oxygens (including phenoxy) is 1. The van der Waals surface area contributed by atoms with E-state index in [1.165, 1.54) is 51.4 Å². The van der Waals surface area contributed by atoms with Crippen molar-refractivity contribution in [3.63, 3.8) is 0 Å². The van der Waals surface area contributed by atoms with E-state index in [2.05, 4.69) is 37.5 Å². The lowest BCUT2D eigenvalue weighted by molar-refractivity contribution is -0.133. The van der Waals surface area contributed by atoms with E-state index in [9.17, 15) is 4.79 Å². The van der Waals surface area contributed by atoms with Gasteiger partial charge in [0, 0.05) is 38.6 Å². The van der Waals surface area contributed by atoms with E-state index in [0.29, 0.717) is 24.2 Å². The monoisotopic (exact) mass is 380 g/mol. The van der Waals surface area contributed by atoms with Gasteiger partial charge < -0.3 is 9.64 Å². The number of amides is 1. The first-order chi connectivity index (χ1) is 13.0. The van der Waals surface area contributed by atoms with Crippen molar-refractivity contribution >= 4 is 5.91 Å². The van der Waals surface area contributed by atoms with Crippen LogP contribution in [0, 0.1) is 5.92 Å². The summed E-state index contributed by atoms with van der Waals surface area (Å²) < 4.78 is 5.94. The first kappa shape index (κ1) is 22.7. The molecule has 0 N–H and O–H groups in total. The highest BCUT2D eigenvalue weighted by Gasteiger charge is 2.25. The maximum atomic E-state index is 12.5. The van der Waals surface area contributed by atoms with Crippen LogP contribution in [0.2, 0.25) is 0 Å². The average molecular weight is 381 g/mol. The minimum atomic E-state index is 0.347. The molecular formula is C23H44N2O2. The number of unbranched alkanes of at least 4 members (excludes halogenated alkanes) is 1. The third kappa shape index (κ3) is 8.11. The molecule has 1 unspecified atom stereocenters. The maximum absolute atomic E-state index is 12.5. The van der Waals surface area contributed by atoms with Crippen molar-refractivity contribution in [1.82, 2.24) is 9.80 Å². The molecule has 0 bridgehead atoms. The van der Waals surface area contributed by atoms with Crippen LogP contribution < -0.4 is 0 Å². The van der Waals surface area contributed by atoms with Crippen molar-refractivity contribution in [1.29, 1.82) is 0 Å². The van der Waals surface area contributed by atoms with Gasteiger partial charge in [-0.2, -0.15) is 0 Å². The van der Waals surface area contributed by atoms with E-state index in [1.54, 1.807) is 0 Å². The number of carbonyl (C=O) groups is 1. The van der Waals surface area contributed by atoms with E-state index in [-0.39, 0.29) is 0 Å². The SMILES string of the molecule is CCCCC(C)N1CCN(C(=O)CCCC2CCC(OC(C)C)CC2)CC1. The van der Waals surface area contributed by atoms with Crippen LogP contribution in [0.15, 0.2) is 0 Å². The molecule has 2 fully saturated rings. The Balaban J connectivity index is 1.57. The van der Waals surface area contributed by atoms with Gasteiger partial charge in [-0.3, -0.25) is 9.69 Å². The molecule has 1 amide bonds. The fourth-order valence-electron chi connectivity index (χ4n) is 4.74. The average Bonchev–Trinajstić information content (AvgIpc) is 2.67. The molecule has 1 saturated heterocycles. The quantitative estimate of drug-likeness (QED) is 0.542. The number of hydrogen-bond donors (Lipinski definition) is 0. The fraction of sp³-hybridized carbons (Fsp3) is 0.957. The fourth-order valence-corrected chi connectivity index (χ4v) is 4.74. The molecule has 0 radical (unpaired) electrons. The normalized spacial score (nSPS) is 25.7. The maximum Gasteiger partial charge on any atom is 0.222 e. The molecule has 1 saturated carbocycles. The number of carbonyl (C=O) groups excluding carboxylic acids is 1. The lowest BCUT2D eigenvalue weighted by atomic mass is 9.84. The van der Waals surface area contributed by atoms with Gasteiger partial charge in [-0.05, 0) is 71.6 Å². The summed E-state index contributed by atoms with van der Waals surface area (Å²) >= 11 is 0. The van der Waals surface area contributed by atoms with Gasteiger partial charge in [0.25, 0.3) is 0 Å². The van der Waals surface area contributed by atoms with Crippen LogP contribution >= 0.6 is 0 Å². The molecule has 4 heteroatoms. The summed E-state index contributed by atoms with van der Waals surface area (Å²) in [5, 5.41) is 0. The Bertz CT molecular complexity index is 411. The molecule has 27 heavy (non-hydrogen) atoms. The standard InChI is InChI=1S/C23H44N2O2/c1-5-6-8-20(4)24-15-17-25(18-16-24)23(26)10-7-9-21-11-13-22(14-12-21)27-19(2)3/h19-22H,5-18H2,1-4H3. The van der Waals surface area contributed by atoms with Gasteiger partial charge >= 0.3 is 0 Å². The zero-order chi connectivity index (χ0) is 19.6. The Morgan fingerprint density at radius 3 is 2.26 bits per heavy atom. The Labute approximate surface area is 168 Å². The predicted octanol–water partition coefficient (Wildman–Crippen LogP) is 4.86. The molecule has 1 aliphatic heterocycles. The van der Waals surface area contributed by atoms with Crippen LogP contribution in [-0.2, 0) is 9.53 Å². The van der Waals surface area contributed by atoms with Crippen molar-refractivity contribution in [2.45, 2.75) is 110 Å². The van der Waals surface area contributed by atoms with Crippen LogP contribution in [0.1, 0.15) is 91.9 Å². The molecule has 4 nitrogen and oxygen atoms in total. The first-order valence-electron chi connectivity index (χ1n) is 11.7. The van der Waals surface area contributed by atoms with E-state index >= 15 is 0 Å². The van der Waals surface area contributed by atoms with Gasteiger partial charge in [-0.15, -0.1) is 0 Å². The summed E-state index contributed by atoms with van der Waals surface area (Å²) in [6, 6.07) is 0.664. The van der Waals surface area contributed by atoms with E-state index in [1.807, 2.05) is 0 Å². The molecule has 0 spiro atoms. The van der Waals surface area contributed by atoms with E-state index in [4.69, 9.17) is 4.74 Å². The minimum Gasteiger partial charge on any atom is -0.376 e. The summed E-state index contributed by atoms with van der Waals surface area (Å²) in [6.07, 6.45) is 12.7. The van der Waals surface area contributed by atoms with Crippen molar-refractivity contribution in [2.75, 3.05) is 26.2 Å². The second-order valence-corrected chi connectivity index (χ2v) is 9.13. The molecule has 0 aromatic heterocycles. The zero-order valence-electron chi connectivity index (χ0n) is 18.4. The number of hydrogen-bond acceptors (Lipinski definition) is 3. The number of nitrogens with zero attached hydrogens (tertiary/aromatic N) is 2. The van der Waals surface area contributed by atoms with Gasteiger partial charge in [0.2, 0.25) is 5.91 Å². The molecule has 0 aromatic carbocycles. The largest absolute Gasteiger partial charge is 0.376 e. The predicted molar refractivity (Wildman–Crippen MR) is 113 cm³/mol. The highest BCUT2D eigenvalue weighted by molar-refractivity contribution is 5.76. The van der Waals surface area contributed by atoms with E-state index in [0.717, 1.165) is 44.9 Å². The molecule has 0 aromatic rings. The van der Waals surface area contributed by atoms with Gasteiger partial charge in [-0.25, -0.2) is 0 Å².